The zero-order valence-corrected chi connectivity index (χ0v) is 28.2. The lowest BCUT2D eigenvalue weighted by atomic mass is 10.1. The van der Waals surface area contributed by atoms with Gasteiger partial charge in [0.05, 0.1) is 19.8 Å². The molecule has 8 nitrogen and oxygen atoms in total. The molecule has 0 unspecified atom stereocenters. The van der Waals surface area contributed by atoms with E-state index in [0.717, 1.165) is 45.1 Å². The molecule has 0 saturated carbocycles. The van der Waals surface area contributed by atoms with Crippen LogP contribution in [-0.4, -0.2) is 28.8 Å². The van der Waals surface area contributed by atoms with Crippen molar-refractivity contribution in [3.05, 3.63) is 189 Å². The van der Waals surface area contributed by atoms with Crippen molar-refractivity contribution in [2.45, 2.75) is 6.92 Å². The summed E-state index contributed by atoms with van der Waals surface area (Å²) in [4.78, 5) is 30.5. The number of aliphatic carboxylic acids is 2. The number of hydrogen-bond donors (Lipinski definition) is 2. The van der Waals surface area contributed by atoms with Crippen molar-refractivity contribution in [3.8, 4) is 5.75 Å². The van der Waals surface area contributed by atoms with Crippen molar-refractivity contribution in [3.63, 3.8) is 0 Å². The summed E-state index contributed by atoms with van der Waals surface area (Å²) in [5, 5.41) is 18.2. The van der Waals surface area contributed by atoms with Gasteiger partial charge >= 0.3 is 11.9 Å². The van der Waals surface area contributed by atoms with E-state index in [1.54, 1.807) is 24.3 Å². The van der Waals surface area contributed by atoms with Crippen LogP contribution in [0.1, 0.15) is 40.3 Å². The van der Waals surface area contributed by atoms with Gasteiger partial charge in [-0.05, 0) is 101 Å². The van der Waals surface area contributed by atoms with Gasteiger partial charge in [-0.25, -0.2) is 9.69 Å². The highest BCUT2D eigenvalue weighted by atomic mass is 16.5. The number of hydrogen-bond acceptors (Lipinski definition) is 4. The van der Waals surface area contributed by atoms with Gasteiger partial charge in [-0.2, -0.15) is 0 Å². The normalized spacial score (nSPS) is 11.6. The molecule has 5 aromatic carbocycles. The molecule has 2 N–H and O–H groups in total. The fourth-order valence-corrected chi connectivity index (χ4v) is 5.17. The molecule has 0 radical (unpaired) electrons. The van der Waals surface area contributed by atoms with Crippen LogP contribution in [0.2, 0.25) is 0 Å². The largest absolute Gasteiger partial charge is 0.494 e. The maximum absolute atomic E-state index is 11.1. The fourth-order valence-electron chi connectivity index (χ4n) is 5.17. The predicted molar refractivity (Wildman–Crippen MR) is 207 cm³/mol. The molecular formula is C44H33N3O5. The van der Waals surface area contributed by atoms with Gasteiger partial charge in [0.2, 0.25) is 0 Å². The van der Waals surface area contributed by atoms with E-state index in [0.29, 0.717) is 17.7 Å². The van der Waals surface area contributed by atoms with Crippen LogP contribution in [0.25, 0.3) is 46.1 Å². The summed E-state index contributed by atoms with van der Waals surface area (Å²) in [7, 11) is 0. The first-order valence-electron chi connectivity index (χ1n) is 16.2. The van der Waals surface area contributed by atoms with E-state index < -0.39 is 11.9 Å². The van der Waals surface area contributed by atoms with E-state index in [1.807, 2.05) is 104 Å². The lowest BCUT2D eigenvalue weighted by Crippen LogP contribution is -2.09. The molecule has 8 heteroatoms. The summed E-state index contributed by atoms with van der Waals surface area (Å²) in [6.45, 7) is 16.6. The average Bonchev–Trinajstić information content (AvgIpc) is 3.17. The Morgan fingerprint density at radius 2 is 0.827 bits per heavy atom. The lowest BCUT2D eigenvalue weighted by Gasteiger charge is -2.26. The Morgan fingerprint density at radius 3 is 1.12 bits per heavy atom. The summed E-state index contributed by atoms with van der Waals surface area (Å²) in [5.41, 5.74) is 7.39. The van der Waals surface area contributed by atoms with Crippen molar-refractivity contribution in [2.75, 3.05) is 11.5 Å². The topological polar surface area (TPSA) is 95.8 Å². The number of carboxylic acid groups (broad SMARTS) is 2. The van der Waals surface area contributed by atoms with Crippen LogP contribution < -0.4 is 9.64 Å². The monoisotopic (exact) mass is 683 g/mol. The van der Waals surface area contributed by atoms with Crippen LogP contribution in [0, 0.1) is 13.1 Å². The molecule has 0 aliphatic carbocycles. The molecule has 0 aromatic heterocycles. The molecule has 254 valence electrons. The SMILES string of the molecule is [C-]#[N+]/C(=C\c1ccc(/C=C/c2ccc(N(c3ccc(/C=C/c4ccc(/C=C(\[N+]#[C-])C(=O)O)cc4)cc3)c3ccc(OCC)cc3)cc2)cc1)C(=O)O. The highest BCUT2D eigenvalue weighted by molar-refractivity contribution is 5.94. The Hall–Kier alpha value is -7.42. The van der Waals surface area contributed by atoms with E-state index in [2.05, 4.69) is 38.9 Å². The summed E-state index contributed by atoms with van der Waals surface area (Å²) in [5.74, 6) is -1.70. The summed E-state index contributed by atoms with van der Waals surface area (Å²) >= 11 is 0. The number of carboxylic acids is 2. The molecule has 0 bridgehead atoms. The van der Waals surface area contributed by atoms with Crippen molar-refractivity contribution < 1.29 is 24.5 Å². The highest BCUT2D eigenvalue weighted by Crippen LogP contribution is 2.36. The van der Waals surface area contributed by atoms with Gasteiger partial charge in [-0.15, -0.1) is 0 Å². The molecule has 0 aliphatic rings. The van der Waals surface area contributed by atoms with Gasteiger partial charge in [0.15, 0.2) is 0 Å². The van der Waals surface area contributed by atoms with E-state index >= 15 is 0 Å². The third kappa shape index (κ3) is 9.60. The van der Waals surface area contributed by atoms with Gasteiger partial charge in [-0.1, -0.05) is 97.1 Å². The number of benzene rings is 5. The van der Waals surface area contributed by atoms with E-state index in [-0.39, 0.29) is 11.4 Å². The van der Waals surface area contributed by atoms with Crippen molar-refractivity contribution in [1.29, 1.82) is 0 Å². The fraction of sp³-hybridized carbons (Fsp3) is 0.0455. The van der Waals surface area contributed by atoms with E-state index in [1.165, 1.54) is 12.2 Å². The molecular weight excluding hydrogens is 651 g/mol. The average molecular weight is 684 g/mol. The third-order valence-electron chi connectivity index (χ3n) is 7.80. The quantitative estimate of drug-likeness (QED) is 0.0729. The minimum atomic E-state index is -1.25. The molecule has 0 fully saturated rings. The minimum Gasteiger partial charge on any atom is -0.494 e. The van der Waals surface area contributed by atoms with Crippen molar-refractivity contribution >= 4 is 65.5 Å². The number of nitrogens with zero attached hydrogens (tertiary/aromatic N) is 3. The van der Waals surface area contributed by atoms with Crippen LogP contribution in [0.5, 0.6) is 5.75 Å². The van der Waals surface area contributed by atoms with Crippen molar-refractivity contribution in [1.82, 2.24) is 0 Å². The number of anilines is 3. The first kappa shape index (κ1) is 35.9. The molecule has 0 atom stereocenters. The Bertz CT molecular complexity index is 2100. The second-order valence-corrected chi connectivity index (χ2v) is 11.3. The standard InChI is InChI=1S/C44H33N3O5/c1-4-52-40-27-25-39(26-28-40)47(37-21-17-33(18-22-37)7-5-31-9-13-35(14-10-31)29-41(45-2)43(48)49)38-23-19-34(20-24-38)8-6-32-11-15-36(16-12-32)30-42(46-3)44(50)51/h5-30H,4H2,1H3,(H,48,49)(H,50,51)/b7-5+,8-6+,41-29-,42-30-. The minimum absolute atomic E-state index is 0.331. The zero-order chi connectivity index (χ0) is 36.9. The third-order valence-corrected chi connectivity index (χ3v) is 7.80. The number of ether oxygens (including phenoxy) is 1. The van der Waals surface area contributed by atoms with Crippen molar-refractivity contribution in [2.24, 2.45) is 0 Å². The van der Waals surface area contributed by atoms with Gasteiger partial charge < -0.3 is 19.8 Å². The van der Waals surface area contributed by atoms with E-state index in [9.17, 15) is 9.59 Å². The van der Waals surface area contributed by atoms with Gasteiger partial charge in [0, 0.05) is 17.1 Å². The van der Waals surface area contributed by atoms with E-state index in [4.69, 9.17) is 28.1 Å². The summed E-state index contributed by atoms with van der Waals surface area (Å²) in [6.07, 6.45) is 10.7. The molecule has 5 rings (SSSR count). The maximum Gasteiger partial charge on any atom is 0.333 e. The first-order chi connectivity index (χ1) is 25.3. The Balaban J connectivity index is 1.34. The number of carbonyl (C=O) groups is 2. The second-order valence-electron chi connectivity index (χ2n) is 11.3. The van der Waals surface area contributed by atoms with Crippen LogP contribution >= 0.6 is 0 Å². The zero-order valence-electron chi connectivity index (χ0n) is 28.2. The van der Waals surface area contributed by atoms with Gasteiger partial charge in [0.1, 0.15) is 5.75 Å². The van der Waals surface area contributed by atoms with Gasteiger partial charge in [-0.3, -0.25) is 9.59 Å². The molecule has 52 heavy (non-hydrogen) atoms. The second kappa shape index (κ2) is 17.3. The predicted octanol–water partition coefficient (Wildman–Crippen LogP) is 10.6. The van der Waals surface area contributed by atoms with Crippen LogP contribution in [-0.2, 0) is 9.59 Å². The molecule has 0 spiro atoms. The number of rotatable bonds is 13. The molecule has 0 aliphatic heterocycles. The smallest absolute Gasteiger partial charge is 0.333 e. The Labute approximate surface area is 302 Å². The van der Waals surface area contributed by atoms with Crippen LogP contribution in [0.4, 0.5) is 17.1 Å². The lowest BCUT2D eigenvalue weighted by molar-refractivity contribution is -0.133. The summed E-state index contributed by atoms with van der Waals surface area (Å²) in [6, 6.07) is 39.0. The van der Waals surface area contributed by atoms with Gasteiger partial charge in [0.25, 0.3) is 11.4 Å². The first-order valence-corrected chi connectivity index (χ1v) is 16.2. The molecule has 0 saturated heterocycles. The van der Waals surface area contributed by atoms with Crippen LogP contribution in [0.15, 0.2) is 133 Å². The molecule has 0 amide bonds. The Morgan fingerprint density at radius 1 is 0.538 bits per heavy atom. The Kier molecular flexibility index (Phi) is 11.9. The van der Waals surface area contributed by atoms with Crippen LogP contribution in [0.3, 0.4) is 0 Å². The maximum atomic E-state index is 11.1. The molecule has 5 aromatic rings. The highest BCUT2D eigenvalue weighted by Gasteiger charge is 2.13. The summed E-state index contributed by atoms with van der Waals surface area (Å²) < 4.78 is 5.68. The molecule has 0 heterocycles.